The summed E-state index contributed by atoms with van der Waals surface area (Å²) in [5.74, 6) is 2.57. The predicted octanol–water partition coefficient (Wildman–Crippen LogP) is 4.55. The highest BCUT2D eigenvalue weighted by atomic mass is 32.2. The number of thioether (sulfide) groups is 1. The fourth-order valence-electron chi connectivity index (χ4n) is 2.66. The molecule has 1 amide bonds. The molecule has 0 unspecified atom stereocenters. The normalized spacial score (nSPS) is 10.7. The number of rotatable bonds is 8. The molecule has 1 N–H and O–H groups in total. The van der Waals surface area contributed by atoms with Gasteiger partial charge in [-0.25, -0.2) is 4.98 Å². The van der Waals surface area contributed by atoms with Gasteiger partial charge in [0, 0.05) is 17.9 Å². The number of nitrogens with zero attached hydrogens (tertiary/aromatic N) is 1. The van der Waals surface area contributed by atoms with E-state index in [9.17, 15) is 4.79 Å². The maximum atomic E-state index is 12.0. The number of aryl methyl sites for hydroxylation is 2. The fourth-order valence-corrected chi connectivity index (χ4v) is 3.51. The molecule has 0 radical (unpaired) electrons. The molecule has 0 aliphatic carbocycles. The Hall–Kier alpha value is -2.53. The lowest BCUT2D eigenvalue weighted by Crippen LogP contribution is -2.27. The zero-order valence-electron chi connectivity index (χ0n) is 15.7. The van der Waals surface area contributed by atoms with E-state index < -0.39 is 0 Å². The Morgan fingerprint density at radius 3 is 2.56 bits per heavy atom. The van der Waals surface area contributed by atoms with Crippen molar-refractivity contribution in [1.82, 2.24) is 10.3 Å². The molecule has 0 atom stereocenters. The lowest BCUT2D eigenvalue weighted by atomic mass is 10.1. The number of oxazole rings is 1. The van der Waals surface area contributed by atoms with Crippen LogP contribution in [0.15, 0.2) is 59.0 Å². The quantitative estimate of drug-likeness (QED) is 0.623. The van der Waals surface area contributed by atoms with E-state index in [1.165, 1.54) is 11.1 Å². The van der Waals surface area contributed by atoms with Gasteiger partial charge in [-0.2, -0.15) is 0 Å². The van der Waals surface area contributed by atoms with Crippen LogP contribution in [-0.4, -0.2) is 23.2 Å². The summed E-state index contributed by atoms with van der Waals surface area (Å²) in [6, 6.07) is 18.3. The summed E-state index contributed by atoms with van der Waals surface area (Å²) >= 11 is 1.55. The summed E-state index contributed by atoms with van der Waals surface area (Å²) in [5.41, 5.74) is 4.30. The molecule has 140 valence electrons. The second-order valence-electron chi connectivity index (χ2n) is 6.47. The van der Waals surface area contributed by atoms with E-state index in [1.54, 1.807) is 11.8 Å². The van der Waals surface area contributed by atoms with E-state index >= 15 is 0 Å². The molecule has 0 fully saturated rings. The summed E-state index contributed by atoms with van der Waals surface area (Å²) in [4.78, 5) is 16.6. The van der Waals surface area contributed by atoms with Crippen molar-refractivity contribution in [3.05, 3.63) is 77.2 Å². The minimum Gasteiger partial charge on any atom is -0.441 e. The Bertz CT molecular complexity index is 873. The molecule has 0 aliphatic rings. The van der Waals surface area contributed by atoms with Crippen molar-refractivity contribution in [2.24, 2.45) is 0 Å². The van der Waals surface area contributed by atoms with Gasteiger partial charge in [0.05, 0.1) is 11.4 Å². The number of carbonyl (C=O) groups is 1. The van der Waals surface area contributed by atoms with Crippen molar-refractivity contribution in [3.8, 4) is 11.5 Å². The molecule has 2 aromatic carbocycles. The Kier molecular flexibility index (Phi) is 6.71. The molecular weight excluding hydrogens is 356 g/mol. The summed E-state index contributed by atoms with van der Waals surface area (Å²) in [5, 5.41) is 2.96. The second kappa shape index (κ2) is 9.42. The zero-order valence-corrected chi connectivity index (χ0v) is 16.5. The number of benzene rings is 2. The molecule has 5 heteroatoms. The van der Waals surface area contributed by atoms with Gasteiger partial charge in [0.15, 0.2) is 0 Å². The van der Waals surface area contributed by atoms with Crippen molar-refractivity contribution in [1.29, 1.82) is 0 Å². The van der Waals surface area contributed by atoms with Crippen molar-refractivity contribution in [2.45, 2.75) is 26.0 Å². The number of aromatic nitrogens is 1. The molecular formula is C22H24N2O2S. The third kappa shape index (κ3) is 5.73. The van der Waals surface area contributed by atoms with E-state index in [0.717, 1.165) is 23.4 Å². The Balaban J connectivity index is 1.43. The number of hydrogen-bond donors (Lipinski definition) is 1. The fraction of sp³-hybridized carbons (Fsp3) is 0.273. The SMILES string of the molecule is Cc1ccc(-c2nc(CSCC(=O)NCCc3ccccc3)c(C)o2)cc1. The number of carbonyl (C=O) groups excluding carboxylic acids is 1. The van der Waals surface area contributed by atoms with E-state index in [-0.39, 0.29) is 5.91 Å². The van der Waals surface area contributed by atoms with Gasteiger partial charge < -0.3 is 9.73 Å². The molecule has 1 heterocycles. The topological polar surface area (TPSA) is 55.1 Å². The third-order valence-electron chi connectivity index (χ3n) is 4.24. The molecule has 0 saturated heterocycles. The first-order chi connectivity index (χ1) is 13.1. The summed E-state index contributed by atoms with van der Waals surface area (Å²) in [6.45, 7) is 4.63. The van der Waals surface area contributed by atoms with Crippen molar-refractivity contribution < 1.29 is 9.21 Å². The molecule has 0 aliphatic heterocycles. The van der Waals surface area contributed by atoms with Crippen LogP contribution in [-0.2, 0) is 17.0 Å². The standard InChI is InChI=1S/C22H24N2O2S/c1-16-8-10-19(11-9-16)22-24-20(17(2)26-22)14-27-15-21(25)23-13-12-18-6-4-3-5-7-18/h3-11H,12-15H2,1-2H3,(H,23,25). The smallest absolute Gasteiger partial charge is 0.230 e. The van der Waals surface area contributed by atoms with Crippen LogP contribution in [0.2, 0.25) is 0 Å². The van der Waals surface area contributed by atoms with Gasteiger partial charge in [-0.3, -0.25) is 4.79 Å². The average molecular weight is 381 g/mol. The van der Waals surface area contributed by atoms with E-state index in [1.807, 2.05) is 49.4 Å². The first-order valence-corrected chi connectivity index (χ1v) is 10.2. The Labute approximate surface area is 164 Å². The molecule has 1 aromatic heterocycles. The van der Waals surface area contributed by atoms with Gasteiger partial charge >= 0.3 is 0 Å². The predicted molar refractivity (Wildman–Crippen MR) is 111 cm³/mol. The van der Waals surface area contributed by atoms with Crippen LogP contribution in [0, 0.1) is 13.8 Å². The molecule has 27 heavy (non-hydrogen) atoms. The van der Waals surface area contributed by atoms with Gasteiger partial charge in [-0.1, -0.05) is 48.0 Å². The van der Waals surface area contributed by atoms with Gasteiger partial charge in [0.25, 0.3) is 0 Å². The number of amides is 1. The van der Waals surface area contributed by atoms with Gasteiger partial charge in [0.2, 0.25) is 11.8 Å². The average Bonchev–Trinajstić information content (AvgIpc) is 3.04. The molecule has 0 saturated carbocycles. The summed E-state index contributed by atoms with van der Waals surface area (Å²) in [6.07, 6.45) is 0.847. The maximum absolute atomic E-state index is 12.0. The third-order valence-corrected chi connectivity index (χ3v) is 5.19. The van der Waals surface area contributed by atoms with Crippen molar-refractivity contribution in [3.63, 3.8) is 0 Å². The zero-order chi connectivity index (χ0) is 19.1. The van der Waals surface area contributed by atoms with Crippen LogP contribution in [0.5, 0.6) is 0 Å². The van der Waals surface area contributed by atoms with Crippen LogP contribution < -0.4 is 5.32 Å². The van der Waals surface area contributed by atoms with Crippen molar-refractivity contribution >= 4 is 17.7 Å². The first kappa shape index (κ1) is 19.2. The minimum atomic E-state index is 0.0517. The lowest BCUT2D eigenvalue weighted by molar-refractivity contribution is -0.118. The van der Waals surface area contributed by atoms with Crippen LogP contribution in [0.4, 0.5) is 0 Å². The maximum Gasteiger partial charge on any atom is 0.230 e. The van der Waals surface area contributed by atoms with Crippen LogP contribution in [0.1, 0.15) is 22.6 Å². The van der Waals surface area contributed by atoms with Gasteiger partial charge in [-0.05, 0) is 38.0 Å². The first-order valence-electron chi connectivity index (χ1n) is 9.03. The van der Waals surface area contributed by atoms with E-state index in [4.69, 9.17) is 4.42 Å². The van der Waals surface area contributed by atoms with Crippen LogP contribution in [0.25, 0.3) is 11.5 Å². The molecule has 3 rings (SSSR count). The molecule has 0 spiro atoms. The van der Waals surface area contributed by atoms with Crippen LogP contribution >= 0.6 is 11.8 Å². The van der Waals surface area contributed by atoms with E-state index in [2.05, 4.69) is 29.4 Å². The molecule has 3 aromatic rings. The van der Waals surface area contributed by atoms with Gasteiger partial charge in [-0.15, -0.1) is 11.8 Å². The Morgan fingerprint density at radius 2 is 1.81 bits per heavy atom. The van der Waals surface area contributed by atoms with Crippen molar-refractivity contribution in [2.75, 3.05) is 12.3 Å². The van der Waals surface area contributed by atoms with Gasteiger partial charge in [0.1, 0.15) is 5.76 Å². The highest BCUT2D eigenvalue weighted by Crippen LogP contribution is 2.24. The van der Waals surface area contributed by atoms with E-state index in [0.29, 0.717) is 23.9 Å². The Morgan fingerprint density at radius 1 is 1.07 bits per heavy atom. The highest BCUT2D eigenvalue weighted by molar-refractivity contribution is 7.99. The second-order valence-corrected chi connectivity index (χ2v) is 7.45. The largest absolute Gasteiger partial charge is 0.441 e. The molecule has 0 bridgehead atoms. The van der Waals surface area contributed by atoms with Crippen LogP contribution in [0.3, 0.4) is 0 Å². The monoisotopic (exact) mass is 380 g/mol. The summed E-state index contributed by atoms with van der Waals surface area (Å²) in [7, 11) is 0. The lowest BCUT2D eigenvalue weighted by Gasteiger charge is -2.05. The number of nitrogens with one attached hydrogen (secondary N) is 1. The number of hydrogen-bond acceptors (Lipinski definition) is 4. The highest BCUT2D eigenvalue weighted by Gasteiger charge is 2.12. The minimum absolute atomic E-state index is 0.0517. The molecule has 4 nitrogen and oxygen atoms in total. The summed E-state index contributed by atoms with van der Waals surface area (Å²) < 4.78 is 5.79.